The molecule has 2 N–H and O–H groups in total. The second-order valence-corrected chi connectivity index (χ2v) is 6.80. The number of thioether (sulfide) groups is 1. The van der Waals surface area contributed by atoms with Gasteiger partial charge in [0.25, 0.3) is 0 Å². The van der Waals surface area contributed by atoms with Gasteiger partial charge in [0, 0.05) is 16.3 Å². The highest BCUT2D eigenvalue weighted by molar-refractivity contribution is 9.10. The molecule has 1 unspecified atom stereocenters. The maximum Gasteiger partial charge on any atom is 0.441 e. The van der Waals surface area contributed by atoms with E-state index in [1.807, 2.05) is 26.0 Å². The Morgan fingerprint density at radius 1 is 1.38 bits per heavy atom. The normalized spacial score (nSPS) is 13.3. The minimum atomic E-state index is -4.22. The molecule has 0 heterocycles. The molecule has 21 heavy (non-hydrogen) atoms. The van der Waals surface area contributed by atoms with Crippen LogP contribution >= 0.6 is 27.7 Å². The maximum absolute atomic E-state index is 12.1. The molecular formula is C14H19BrF3NOS. The first-order valence-corrected chi connectivity index (χ1v) is 8.39. The minimum absolute atomic E-state index is 0.00519. The van der Waals surface area contributed by atoms with Gasteiger partial charge in [0.1, 0.15) is 5.75 Å². The Labute approximate surface area is 135 Å². The van der Waals surface area contributed by atoms with Crippen LogP contribution in [0.15, 0.2) is 16.6 Å². The Kier molecular flexibility index (Phi) is 7.36. The van der Waals surface area contributed by atoms with E-state index in [0.29, 0.717) is 12.2 Å². The monoisotopic (exact) mass is 385 g/mol. The number of alkyl halides is 3. The van der Waals surface area contributed by atoms with Gasteiger partial charge >= 0.3 is 5.51 Å². The van der Waals surface area contributed by atoms with Crippen molar-refractivity contribution < 1.29 is 17.9 Å². The molecule has 1 aromatic rings. The van der Waals surface area contributed by atoms with Gasteiger partial charge in [-0.05, 0) is 54.8 Å². The van der Waals surface area contributed by atoms with Crippen LogP contribution in [0.5, 0.6) is 5.75 Å². The number of ether oxygens (including phenoxy) is 1. The molecule has 0 aliphatic heterocycles. The first kappa shape index (κ1) is 18.6. The topological polar surface area (TPSA) is 35.2 Å². The summed E-state index contributed by atoms with van der Waals surface area (Å²) in [7, 11) is 0. The summed E-state index contributed by atoms with van der Waals surface area (Å²) in [4.78, 5) is 0. The van der Waals surface area contributed by atoms with Crippen LogP contribution < -0.4 is 10.5 Å². The highest BCUT2D eigenvalue weighted by Crippen LogP contribution is 2.32. The van der Waals surface area contributed by atoms with Crippen molar-refractivity contribution in [3.63, 3.8) is 0 Å². The molecule has 1 aromatic carbocycles. The summed E-state index contributed by atoms with van der Waals surface area (Å²) in [6, 6.07) is 3.80. The van der Waals surface area contributed by atoms with Gasteiger partial charge in [-0.2, -0.15) is 13.2 Å². The molecule has 7 heteroatoms. The van der Waals surface area contributed by atoms with Crippen molar-refractivity contribution in [2.24, 2.45) is 5.73 Å². The lowest BCUT2D eigenvalue weighted by Crippen LogP contribution is -2.22. The smallest absolute Gasteiger partial charge is 0.441 e. The number of nitrogens with two attached hydrogens (primary N) is 1. The van der Waals surface area contributed by atoms with E-state index >= 15 is 0 Å². The molecule has 1 rings (SSSR count). The van der Waals surface area contributed by atoms with Gasteiger partial charge in [-0.1, -0.05) is 22.9 Å². The largest absolute Gasteiger partial charge is 0.492 e. The number of aryl methyl sites for hydroxylation is 1. The summed E-state index contributed by atoms with van der Waals surface area (Å²) in [5.74, 6) is 0.517. The number of benzene rings is 1. The molecule has 0 fully saturated rings. The second-order valence-electron chi connectivity index (χ2n) is 4.73. The Hall–Kier alpha value is -0.400. The third kappa shape index (κ3) is 6.93. The van der Waals surface area contributed by atoms with E-state index in [4.69, 9.17) is 10.5 Å². The van der Waals surface area contributed by atoms with E-state index in [2.05, 4.69) is 15.9 Å². The zero-order valence-corrected chi connectivity index (χ0v) is 14.4. The van der Waals surface area contributed by atoms with Crippen molar-refractivity contribution in [2.45, 2.75) is 38.2 Å². The predicted molar refractivity (Wildman–Crippen MR) is 84.9 cm³/mol. The average Bonchev–Trinajstić information content (AvgIpc) is 2.35. The Bertz CT molecular complexity index is 468. The van der Waals surface area contributed by atoms with Crippen molar-refractivity contribution in [3.8, 4) is 5.75 Å². The molecule has 0 aliphatic carbocycles. The third-order valence-corrected chi connectivity index (χ3v) is 4.07. The van der Waals surface area contributed by atoms with Crippen molar-refractivity contribution >= 4 is 27.7 Å². The van der Waals surface area contributed by atoms with E-state index in [1.165, 1.54) is 0 Å². The molecule has 0 aliphatic rings. The first-order valence-electron chi connectivity index (χ1n) is 6.61. The van der Waals surface area contributed by atoms with E-state index in [0.717, 1.165) is 22.0 Å². The molecule has 0 radical (unpaired) electrons. The molecule has 1 atom stereocenters. The first-order chi connectivity index (χ1) is 9.73. The van der Waals surface area contributed by atoms with Gasteiger partial charge in [-0.3, -0.25) is 0 Å². The summed E-state index contributed by atoms with van der Waals surface area (Å²) in [5.41, 5.74) is 3.56. The van der Waals surface area contributed by atoms with Crippen LogP contribution in [0.1, 0.15) is 24.5 Å². The van der Waals surface area contributed by atoms with Gasteiger partial charge in [-0.25, -0.2) is 0 Å². The minimum Gasteiger partial charge on any atom is -0.492 e. The molecule has 0 aromatic heterocycles. The summed E-state index contributed by atoms with van der Waals surface area (Å²) >= 11 is 3.34. The van der Waals surface area contributed by atoms with Crippen LogP contribution in [-0.4, -0.2) is 23.9 Å². The zero-order valence-electron chi connectivity index (χ0n) is 12.0. The summed E-state index contributed by atoms with van der Waals surface area (Å²) < 4.78 is 42.8. The average molecular weight is 386 g/mol. The van der Waals surface area contributed by atoms with Crippen LogP contribution in [0, 0.1) is 6.92 Å². The van der Waals surface area contributed by atoms with Crippen molar-refractivity contribution in [1.29, 1.82) is 0 Å². The predicted octanol–water partition coefficient (Wildman–Crippen LogP) is 4.67. The van der Waals surface area contributed by atoms with Crippen molar-refractivity contribution in [3.05, 3.63) is 27.7 Å². The fraction of sp³-hybridized carbons (Fsp3) is 0.571. The van der Waals surface area contributed by atoms with Crippen molar-refractivity contribution in [1.82, 2.24) is 0 Å². The van der Waals surface area contributed by atoms with Gasteiger partial charge in [-0.15, -0.1) is 0 Å². The van der Waals surface area contributed by atoms with E-state index in [-0.39, 0.29) is 30.2 Å². The summed E-state index contributed by atoms with van der Waals surface area (Å²) in [5, 5.41) is 0. The highest BCUT2D eigenvalue weighted by atomic mass is 79.9. The highest BCUT2D eigenvalue weighted by Gasteiger charge is 2.27. The molecular weight excluding hydrogens is 367 g/mol. The molecule has 0 bridgehead atoms. The summed E-state index contributed by atoms with van der Waals surface area (Å²) in [6.45, 7) is 3.88. The lowest BCUT2D eigenvalue weighted by molar-refractivity contribution is -0.0329. The number of hydrogen-bond acceptors (Lipinski definition) is 3. The van der Waals surface area contributed by atoms with Crippen LogP contribution in [0.25, 0.3) is 0 Å². The molecule has 0 spiro atoms. The van der Waals surface area contributed by atoms with Gasteiger partial charge in [0.05, 0.1) is 6.61 Å². The number of rotatable bonds is 7. The standard InChI is InChI=1S/C14H19BrF3NOS/c1-3-12(19)8-10-7-11(15)6-9(2)13(10)20-4-5-21-14(16,17)18/h6-7,12H,3-5,8,19H2,1-2H3. The molecule has 0 saturated carbocycles. The van der Waals surface area contributed by atoms with Crippen LogP contribution in [-0.2, 0) is 6.42 Å². The summed E-state index contributed by atoms with van der Waals surface area (Å²) in [6.07, 6.45) is 1.47. The molecule has 0 saturated heterocycles. The molecule has 120 valence electrons. The Morgan fingerprint density at radius 2 is 2.05 bits per heavy atom. The second kappa shape index (κ2) is 8.29. The zero-order chi connectivity index (χ0) is 16.0. The fourth-order valence-electron chi connectivity index (χ4n) is 1.89. The number of halogens is 4. The lowest BCUT2D eigenvalue weighted by Gasteiger charge is -2.17. The quantitative estimate of drug-likeness (QED) is 0.692. The Morgan fingerprint density at radius 3 is 2.62 bits per heavy atom. The van der Waals surface area contributed by atoms with E-state index in [9.17, 15) is 13.2 Å². The van der Waals surface area contributed by atoms with Crippen LogP contribution in [0.2, 0.25) is 0 Å². The van der Waals surface area contributed by atoms with Crippen molar-refractivity contribution in [2.75, 3.05) is 12.4 Å². The lowest BCUT2D eigenvalue weighted by atomic mass is 10.0. The molecule has 0 amide bonds. The number of hydrogen-bond donors (Lipinski definition) is 1. The SMILES string of the molecule is CCC(N)Cc1cc(Br)cc(C)c1OCCSC(F)(F)F. The van der Waals surface area contributed by atoms with E-state index in [1.54, 1.807) is 0 Å². The third-order valence-electron chi connectivity index (χ3n) is 2.92. The molecule has 2 nitrogen and oxygen atoms in total. The van der Waals surface area contributed by atoms with Crippen LogP contribution in [0.3, 0.4) is 0 Å². The van der Waals surface area contributed by atoms with E-state index < -0.39 is 5.51 Å². The van der Waals surface area contributed by atoms with Gasteiger partial charge in [0.2, 0.25) is 0 Å². The van der Waals surface area contributed by atoms with Gasteiger partial charge in [0.15, 0.2) is 0 Å². The fourth-order valence-corrected chi connectivity index (χ4v) is 2.90. The van der Waals surface area contributed by atoms with Gasteiger partial charge < -0.3 is 10.5 Å². The maximum atomic E-state index is 12.1. The van der Waals surface area contributed by atoms with Crippen LogP contribution in [0.4, 0.5) is 13.2 Å². The Balaban J connectivity index is 2.75.